The van der Waals surface area contributed by atoms with Crippen LogP contribution in [0.25, 0.3) is 0 Å². The number of thiophene rings is 1. The summed E-state index contributed by atoms with van der Waals surface area (Å²) >= 11 is 1.78. The SMILES string of the molecule is CN=C(NCC1(c2ccccc2F)CC1)N(C)CCc1cccs1. The van der Waals surface area contributed by atoms with Crippen LogP contribution >= 0.6 is 11.3 Å². The van der Waals surface area contributed by atoms with Crippen molar-refractivity contribution < 1.29 is 4.39 Å². The van der Waals surface area contributed by atoms with Gasteiger partial charge in [0.05, 0.1) is 0 Å². The molecule has 24 heavy (non-hydrogen) atoms. The molecule has 1 aromatic heterocycles. The molecule has 1 fully saturated rings. The normalized spacial score (nSPS) is 16.0. The smallest absolute Gasteiger partial charge is 0.193 e. The van der Waals surface area contributed by atoms with Crippen LogP contribution in [0.3, 0.4) is 0 Å². The Morgan fingerprint density at radius 1 is 1.29 bits per heavy atom. The lowest BCUT2D eigenvalue weighted by Crippen LogP contribution is -2.43. The molecule has 0 bridgehead atoms. The number of hydrogen-bond donors (Lipinski definition) is 1. The number of halogens is 1. The summed E-state index contributed by atoms with van der Waals surface area (Å²) in [6.07, 6.45) is 3.06. The van der Waals surface area contributed by atoms with Gasteiger partial charge in [-0.3, -0.25) is 4.99 Å². The molecule has 0 amide bonds. The van der Waals surface area contributed by atoms with E-state index in [0.29, 0.717) is 0 Å². The first-order valence-electron chi connectivity index (χ1n) is 8.34. The summed E-state index contributed by atoms with van der Waals surface area (Å²) in [6.45, 7) is 1.64. The monoisotopic (exact) mass is 345 g/mol. The molecule has 0 spiro atoms. The van der Waals surface area contributed by atoms with Gasteiger partial charge in [0.2, 0.25) is 0 Å². The van der Waals surface area contributed by atoms with Gasteiger partial charge in [-0.1, -0.05) is 24.3 Å². The van der Waals surface area contributed by atoms with Gasteiger partial charge in [0.1, 0.15) is 5.82 Å². The van der Waals surface area contributed by atoms with Crippen LogP contribution < -0.4 is 5.32 Å². The third-order valence-corrected chi connectivity index (χ3v) is 5.67. The Morgan fingerprint density at radius 2 is 2.08 bits per heavy atom. The standard InChI is InChI=1S/C19H24FN3S/c1-21-18(23(2)12-9-15-6-5-13-24-15)22-14-19(10-11-19)16-7-3-4-8-17(16)20/h3-8,13H,9-12,14H2,1-2H3,(H,21,22). The number of guanidine groups is 1. The van der Waals surface area contributed by atoms with E-state index in [0.717, 1.165) is 43.9 Å². The zero-order valence-corrected chi connectivity index (χ0v) is 15.1. The topological polar surface area (TPSA) is 27.6 Å². The fourth-order valence-electron chi connectivity index (χ4n) is 3.06. The number of rotatable bonds is 6. The Morgan fingerprint density at radius 3 is 2.71 bits per heavy atom. The van der Waals surface area contributed by atoms with Gasteiger partial charge >= 0.3 is 0 Å². The molecular weight excluding hydrogens is 321 g/mol. The van der Waals surface area contributed by atoms with Crippen LogP contribution in [0.2, 0.25) is 0 Å². The van der Waals surface area contributed by atoms with Crippen LogP contribution in [0.4, 0.5) is 4.39 Å². The van der Waals surface area contributed by atoms with Gasteiger partial charge in [-0.2, -0.15) is 0 Å². The first kappa shape index (κ1) is 17.0. The van der Waals surface area contributed by atoms with Crippen LogP contribution in [0.15, 0.2) is 46.8 Å². The van der Waals surface area contributed by atoms with E-state index < -0.39 is 0 Å². The summed E-state index contributed by atoms with van der Waals surface area (Å²) in [5.74, 6) is 0.770. The molecule has 1 aliphatic carbocycles. The zero-order valence-electron chi connectivity index (χ0n) is 14.3. The average Bonchev–Trinajstić information content (AvgIpc) is 3.18. The molecule has 1 aliphatic rings. The average molecular weight is 345 g/mol. The largest absolute Gasteiger partial charge is 0.355 e. The van der Waals surface area contributed by atoms with E-state index in [-0.39, 0.29) is 11.2 Å². The maximum absolute atomic E-state index is 14.1. The Balaban J connectivity index is 1.57. The summed E-state index contributed by atoms with van der Waals surface area (Å²) in [7, 11) is 3.85. The third-order valence-electron chi connectivity index (χ3n) is 4.73. The quantitative estimate of drug-likeness (QED) is 0.639. The number of nitrogens with one attached hydrogen (secondary N) is 1. The summed E-state index contributed by atoms with van der Waals surface area (Å²) in [5.41, 5.74) is 0.754. The van der Waals surface area contributed by atoms with Crippen molar-refractivity contribution in [1.29, 1.82) is 0 Å². The van der Waals surface area contributed by atoms with Gasteiger partial charge in [-0.15, -0.1) is 11.3 Å². The second-order valence-electron chi connectivity index (χ2n) is 6.41. The molecule has 5 heteroatoms. The predicted octanol–water partition coefficient (Wildman–Crippen LogP) is 3.67. The van der Waals surface area contributed by atoms with Crippen LogP contribution in [-0.4, -0.2) is 38.0 Å². The van der Waals surface area contributed by atoms with Crippen LogP contribution in [0, 0.1) is 5.82 Å². The predicted molar refractivity (Wildman–Crippen MR) is 99.3 cm³/mol. The van der Waals surface area contributed by atoms with Crippen molar-refractivity contribution >= 4 is 17.3 Å². The maximum atomic E-state index is 14.1. The number of likely N-dealkylation sites (N-methyl/N-ethyl adjacent to an activating group) is 1. The van der Waals surface area contributed by atoms with Crippen molar-refractivity contribution in [2.24, 2.45) is 4.99 Å². The Kier molecular flexibility index (Phi) is 5.19. The molecule has 1 heterocycles. The summed E-state index contributed by atoms with van der Waals surface area (Å²) in [6, 6.07) is 11.4. The first-order valence-corrected chi connectivity index (χ1v) is 9.22. The molecule has 0 atom stereocenters. The summed E-state index contributed by atoms with van der Waals surface area (Å²) in [5, 5.41) is 5.55. The maximum Gasteiger partial charge on any atom is 0.193 e. The van der Waals surface area contributed by atoms with Crippen molar-refractivity contribution in [3.05, 3.63) is 58.0 Å². The second kappa shape index (κ2) is 7.34. The van der Waals surface area contributed by atoms with Crippen molar-refractivity contribution in [2.75, 3.05) is 27.2 Å². The molecule has 3 nitrogen and oxygen atoms in total. The van der Waals surface area contributed by atoms with Crippen LogP contribution in [0.1, 0.15) is 23.3 Å². The van der Waals surface area contributed by atoms with E-state index in [1.807, 2.05) is 19.2 Å². The Labute approximate surface area is 147 Å². The number of hydrogen-bond acceptors (Lipinski definition) is 2. The highest BCUT2D eigenvalue weighted by Gasteiger charge is 2.45. The van der Waals surface area contributed by atoms with Crippen LogP contribution in [-0.2, 0) is 11.8 Å². The molecule has 1 N–H and O–H groups in total. The van der Waals surface area contributed by atoms with Crippen molar-refractivity contribution in [3.8, 4) is 0 Å². The molecule has 0 radical (unpaired) electrons. The van der Waals surface area contributed by atoms with E-state index >= 15 is 0 Å². The molecule has 2 aromatic rings. The highest BCUT2D eigenvalue weighted by molar-refractivity contribution is 7.09. The molecule has 1 saturated carbocycles. The van der Waals surface area contributed by atoms with Gasteiger partial charge < -0.3 is 10.2 Å². The van der Waals surface area contributed by atoms with Crippen molar-refractivity contribution in [3.63, 3.8) is 0 Å². The fourth-order valence-corrected chi connectivity index (χ4v) is 3.75. The highest BCUT2D eigenvalue weighted by Crippen LogP contribution is 2.48. The summed E-state index contributed by atoms with van der Waals surface area (Å²) < 4.78 is 14.1. The molecule has 3 rings (SSSR count). The Hall–Kier alpha value is -1.88. The van der Waals surface area contributed by atoms with Crippen molar-refractivity contribution in [1.82, 2.24) is 10.2 Å². The van der Waals surface area contributed by atoms with Gasteiger partial charge in [-0.05, 0) is 42.3 Å². The van der Waals surface area contributed by atoms with Gasteiger partial charge in [-0.25, -0.2) is 4.39 Å². The molecular formula is C19H24FN3S. The molecule has 0 saturated heterocycles. The van der Waals surface area contributed by atoms with E-state index in [4.69, 9.17) is 0 Å². The molecule has 0 aliphatic heterocycles. The minimum Gasteiger partial charge on any atom is -0.355 e. The van der Waals surface area contributed by atoms with Gasteiger partial charge in [0, 0.05) is 37.5 Å². The van der Waals surface area contributed by atoms with E-state index in [2.05, 4.69) is 32.7 Å². The van der Waals surface area contributed by atoms with Crippen molar-refractivity contribution in [2.45, 2.75) is 24.7 Å². The molecule has 128 valence electrons. The third kappa shape index (κ3) is 3.78. The molecule has 0 unspecified atom stereocenters. The second-order valence-corrected chi connectivity index (χ2v) is 7.44. The van der Waals surface area contributed by atoms with E-state index in [9.17, 15) is 4.39 Å². The lowest BCUT2D eigenvalue weighted by molar-refractivity contribution is 0.476. The minimum absolute atomic E-state index is 0.0735. The van der Waals surface area contributed by atoms with Gasteiger partial charge in [0.25, 0.3) is 0 Å². The molecule has 1 aromatic carbocycles. The number of benzene rings is 1. The van der Waals surface area contributed by atoms with E-state index in [1.54, 1.807) is 30.5 Å². The van der Waals surface area contributed by atoms with E-state index in [1.165, 1.54) is 4.88 Å². The summed E-state index contributed by atoms with van der Waals surface area (Å²) in [4.78, 5) is 7.89. The zero-order chi connectivity index (χ0) is 17.0. The number of nitrogens with zero attached hydrogens (tertiary/aromatic N) is 2. The Bertz CT molecular complexity index is 692. The minimum atomic E-state index is -0.0992. The highest BCUT2D eigenvalue weighted by atomic mass is 32.1. The lowest BCUT2D eigenvalue weighted by Gasteiger charge is -2.25. The lowest BCUT2D eigenvalue weighted by atomic mass is 9.95. The first-order chi connectivity index (χ1) is 11.6. The van der Waals surface area contributed by atoms with Crippen LogP contribution in [0.5, 0.6) is 0 Å². The van der Waals surface area contributed by atoms with Gasteiger partial charge in [0.15, 0.2) is 5.96 Å². The number of aliphatic imine (C=N–C) groups is 1. The fraction of sp³-hybridized carbons (Fsp3) is 0.421.